The number of hydrogen-bond donors (Lipinski definition) is 2. The second kappa shape index (κ2) is 10.1. The first kappa shape index (κ1) is 19.3. The van der Waals surface area contributed by atoms with Crippen molar-refractivity contribution < 1.29 is 19.0 Å². The van der Waals surface area contributed by atoms with Crippen molar-refractivity contribution in [3.8, 4) is 17.2 Å². The van der Waals surface area contributed by atoms with E-state index in [4.69, 9.17) is 14.2 Å². The topological polar surface area (TPSA) is 72.1 Å². The third kappa shape index (κ3) is 5.51. The molecule has 1 aliphatic rings. The summed E-state index contributed by atoms with van der Waals surface area (Å²) in [4.78, 5) is 14.8. The van der Waals surface area contributed by atoms with Gasteiger partial charge in [0, 0.05) is 25.2 Å². The Balaban J connectivity index is 1.87. The molecule has 0 aromatic heterocycles. The van der Waals surface area contributed by atoms with E-state index >= 15 is 0 Å². The van der Waals surface area contributed by atoms with Crippen LogP contribution in [0.25, 0.3) is 0 Å². The van der Waals surface area contributed by atoms with Crippen molar-refractivity contribution in [3.63, 3.8) is 0 Å². The second-order valence-electron chi connectivity index (χ2n) is 5.97. The standard InChI is InChI=1S/C18H29N3O4/c1-23-15-12-14(13-16(24-2)17(15)25-3)18(22)20-7-5-10-21-9-4-6-19-8-11-21/h12-13,19H,4-11H2,1-3H3,(H,20,22). The summed E-state index contributed by atoms with van der Waals surface area (Å²) in [6, 6.07) is 3.33. The van der Waals surface area contributed by atoms with E-state index in [0.29, 0.717) is 29.4 Å². The number of hydrogen-bond acceptors (Lipinski definition) is 6. The van der Waals surface area contributed by atoms with Gasteiger partial charge in [-0.15, -0.1) is 0 Å². The molecule has 0 atom stereocenters. The van der Waals surface area contributed by atoms with Crippen molar-refractivity contribution in [1.82, 2.24) is 15.5 Å². The van der Waals surface area contributed by atoms with Crippen LogP contribution < -0.4 is 24.8 Å². The maximum Gasteiger partial charge on any atom is 0.251 e. The molecule has 140 valence electrons. The van der Waals surface area contributed by atoms with Gasteiger partial charge < -0.3 is 29.7 Å². The molecule has 7 nitrogen and oxygen atoms in total. The number of ether oxygens (including phenoxy) is 3. The largest absolute Gasteiger partial charge is 0.493 e. The zero-order chi connectivity index (χ0) is 18.1. The van der Waals surface area contributed by atoms with E-state index in [2.05, 4.69) is 15.5 Å². The lowest BCUT2D eigenvalue weighted by Crippen LogP contribution is -2.32. The monoisotopic (exact) mass is 351 g/mol. The predicted octanol–water partition coefficient (Wildman–Crippen LogP) is 1.13. The summed E-state index contributed by atoms with van der Waals surface area (Å²) < 4.78 is 15.9. The van der Waals surface area contributed by atoms with E-state index in [9.17, 15) is 4.79 Å². The van der Waals surface area contributed by atoms with Gasteiger partial charge in [-0.2, -0.15) is 0 Å². The maximum absolute atomic E-state index is 12.4. The zero-order valence-electron chi connectivity index (χ0n) is 15.4. The molecular weight excluding hydrogens is 322 g/mol. The molecular formula is C18H29N3O4. The first-order valence-corrected chi connectivity index (χ1v) is 8.71. The number of methoxy groups -OCH3 is 3. The van der Waals surface area contributed by atoms with Crippen LogP contribution in [0.2, 0.25) is 0 Å². The van der Waals surface area contributed by atoms with Gasteiger partial charge in [-0.05, 0) is 44.6 Å². The number of nitrogens with one attached hydrogen (secondary N) is 2. The summed E-state index contributed by atoms with van der Waals surface area (Å²) in [6.07, 6.45) is 2.11. The van der Waals surface area contributed by atoms with E-state index in [-0.39, 0.29) is 5.91 Å². The van der Waals surface area contributed by atoms with Crippen molar-refractivity contribution in [2.45, 2.75) is 12.8 Å². The minimum atomic E-state index is -0.142. The third-order valence-corrected chi connectivity index (χ3v) is 4.30. The summed E-state index contributed by atoms with van der Waals surface area (Å²) >= 11 is 0. The molecule has 0 unspecified atom stereocenters. The van der Waals surface area contributed by atoms with Crippen LogP contribution in [0.5, 0.6) is 17.2 Å². The van der Waals surface area contributed by atoms with Crippen molar-refractivity contribution in [2.24, 2.45) is 0 Å². The van der Waals surface area contributed by atoms with Gasteiger partial charge in [0.25, 0.3) is 5.91 Å². The highest BCUT2D eigenvalue weighted by Gasteiger charge is 2.17. The molecule has 0 radical (unpaired) electrons. The van der Waals surface area contributed by atoms with Crippen LogP contribution in [-0.4, -0.2) is 71.4 Å². The van der Waals surface area contributed by atoms with Crippen LogP contribution in [0, 0.1) is 0 Å². The fourth-order valence-electron chi connectivity index (χ4n) is 2.94. The number of benzene rings is 1. The number of amides is 1. The Morgan fingerprint density at radius 1 is 1.12 bits per heavy atom. The molecule has 1 heterocycles. The van der Waals surface area contributed by atoms with Crippen molar-refractivity contribution >= 4 is 5.91 Å². The van der Waals surface area contributed by atoms with Crippen LogP contribution in [0.3, 0.4) is 0 Å². The van der Waals surface area contributed by atoms with Gasteiger partial charge in [0.05, 0.1) is 21.3 Å². The minimum Gasteiger partial charge on any atom is -0.493 e. The lowest BCUT2D eigenvalue weighted by molar-refractivity contribution is 0.0951. The Morgan fingerprint density at radius 2 is 1.84 bits per heavy atom. The second-order valence-corrected chi connectivity index (χ2v) is 5.97. The molecule has 1 saturated heterocycles. The zero-order valence-corrected chi connectivity index (χ0v) is 15.4. The average Bonchev–Trinajstić information content (AvgIpc) is 2.92. The fourth-order valence-corrected chi connectivity index (χ4v) is 2.94. The maximum atomic E-state index is 12.4. The van der Waals surface area contributed by atoms with E-state index in [1.54, 1.807) is 19.2 Å². The highest BCUT2D eigenvalue weighted by atomic mass is 16.5. The van der Waals surface area contributed by atoms with Gasteiger partial charge in [0.15, 0.2) is 11.5 Å². The first-order valence-electron chi connectivity index (χ1n) is 8.71. The smallest absolute Gasteiger partial charge is 0.251 e. The van der Waals surface area contributed by atoms with Crippen LogP contribution >= 0.6 is 0 Å². The Hall–Kier alpha value is -1.99. The molecule has 0 aliphatic carbocycles. The van der Waals surface area contributed by atoms with Crippen molar-refractivity contribution in [1.29, 1.82) is 0 Å². The van der Waals surface area contributed by atoms with E-state index < -0.39 is 0 Å². The molecule has 2 rings (SSSR count). The highest BCUT2D eigenvalue weighted by Crippen LogP contribution is 2.38. The molecule has 1 amide bonds. The number of carbonyl (C=O) groups is 1. The molecule has 2 N–H and O–H groups in total. The van der Waals surface area contributed by atoms with Crippen molar-refractivity contribution in [3.05, 3.63) is 17.7 Å². The summed E-state index contributed by atoms with van der Waals surface area (Å²) in [5.74, 6) is 1.29. The Labute approximate surface area is 149 Å². The lowest BCUT2D eigenvalue weighted by Gasteiger charge is -2.19. The third-order valence-electron chi connectivity index (χ3n) is 4.30. The van der Waals surface area contributed by atoms with E-state index in [1.807, 2.05) is 0 Å². The Kier molecular flexibility index (Phi) is 7.81. The van der Waals surface area contributed by atoms with Crippen LogP contribution in [0.1, 0.15) is 23.2 Å². The summed E-state index contributed by atoms with van der Waals surface area (Å²) in [5.41, 5.74) is 0.494. The molecule has 1 aromatic rings. The first-order chi connectivity index (χ1) is 12.2. The summed E-state index contributed by atoms with van der Waals surface area (Å²) in [6.45, 7) is 5.96. The molecule has 0 saturated carbocycles. The van der Waals surface area contributed by atoms with E-state index in [1.165, 1.54) is 20.6 Å². The normalized spacial score (nSPS) is 15.3. The van der Waals surface area contributed by atoms with Gasteiger partial charge in [-0.3, -0.25) is 4.79 Å². The molecule has 25 heavy (non-hydrogen) atoms. The van der Waals surface area contributed by atoms with Crippen molar-refractivity contribution in [2.75, 3.05) is 60.6 Å². The summed E-state index contributed by atoms with van der Waals surface area (Å²) in [5, 5.41) is 6.35. The number of carbonyl (C=O) groups excluding carboxylic acids is 1. The van der Waals surface area contributed by atoms with Crippen LogP contribution in [-0.2, 0) is 0 Å². The quantitative estimate of drug-likeness (QED) is 0.684. The molecule has 0 spiro atoms. The SMILES string of the molecule is COc1cc(C(=O)NCCCN2CCCNCC2)cc(OC)c1OC. The number of nitrogens with zero attached hydrogens (tertiary/aromatic N) is 1. The average molecular weight is 351 g/mol. The van der Waals surface area contributed by atoms with Gasteiger partial charge >= 0.3 is 0 Å². The molecule has 1 aliphatic heterocycles. The molecule has 7 heteroatoms. The molecule has 1 aromatic carbocycles. The highest BCUT2D eigenvalue weighted by molar-refractivity contribution is 5.95. The van der Waals surface area contributed by atoms with Crippen LogP contribution in [0.4, 0.5) is 0 Å². The van der Waals surface area contributed by atoms with Gasteiger partial charge in [0.2, 0.25) is 5.75 Å². The van der Waals surface area contributed by atoms with E-state index in [0.717, 1.165) is 39.1 Å². The number of rotatable bonds is 8. The van der Waals surface area contributed by atoms with Gasteiger partial charge in [0.1, 0.15) is 0 Å². The summed E-state index contributed by atoms with van der Waals surface area (Å²) in [7, 11) is 4.61. The molecule has 1 fully saturated rings. The Morgan fingerprint density at radius 3 is 2.48 bits per heavy atom. The van der Waals surface area contributed by atoms with Crippen LogP contribution in [0.15, 0.2) is 12.1 Å². The lowest BCUT2D eigenvalue weighted by atomic mass is 10.1. The minimum absolute atomic E-state index is 0.142. The predicted molar refractivity (Wildman–Crippen MR) is 97.0 cm³/mol. The molecule has 0 bridgehead atoms. The van der Waals surface area contributed by atoms with Gasteiger partial charge in [-0.1, -0.05) is 0 Å². The van der Waals surface area contributed by atoms with Gasteiger partial charge in [-0.25, -0.2) is 0 Å². The fraction of sp³-hybridized carbons (Fsp3) is 0.611. The Bertz CT molecular complexity index is 532.